The molecule has 0 amide bonds. The van der Waals surface area contributed by atoms with Crippen molar-refractivity contribution in [3.8, 4) is 12.1 Å². The molecule has 130 valence electrons. The quantitative estimate of drug-likeness (QED) is 0.756. The number of nitriles is 2. The lowest BCUT2D eigenvalue weighted by atomic mass is 10.0. The van der Waals surface area contributed by atoms with Gasteiger partial charge in [0.2, 0.25) is 5.89 Å². The van der Waals surface area contributed by atoms with E-state index in [1.807, 2.05) is 13.8 Å². The molecule has 0 N–H and O–H groups in total. The minimum Gasteiger partial charge on any atom is -0.339 e. The second-order valence-corrected chi connectivity index (χ2v) is 6.66. The van der Waals surface area contributed by atoms with Crippen LogP contribution in [0.5, 0.6) is 0 Å². The van der Waals surface area contributed by atoms with E-state index in [2.05, 4.69) is 32.1 Å². The zero-order valence-corrected chi connectivity index (χ0v) is 14.6. The largest absolute Gasteiger partial charge is 0.339 e. The van der Waals surface area contributed by atoms with E-state index < -0.39 is 0 Å². The Bertz CT molecular complexity index is 585. The van der Waals surface area contributed by atoms with Gasteiger partial charge in [0.1, 0.15) is 0 Å². The van der Waals surface area contributed by atoms with Crippen LogP contribution in [-0.4, -0.2) is 52.7 Å². The van der Waals surface area contributed by atoms with Gasteiger partial charge in [0.05, 0.1) is 24.6 Å². The standard InChI is InChI=1S/C17H26N6O/c1-14(2)17-20-16(21-24-17)13-23-8-4-7-22(9-10-23)12-15(11-19)5-3-6-18/h14-15H,3-5,7-10,12-13H2,1-2H3/t15-/m1/s1. The third-order valence-electron chi connectivity index (χ3n) is 4.29. The molecule has 0 saturated carbocycles. The normalized spacial score (nSPS) is 18.0. The molecule has 2 heterocycles. The maximum atomic E-state index is 9.22. The van der Waals surface area contributed by atoms with Crippen molar-refractivity contribution < 1.29 is 4.52 Å². The molecular formula is C17H26N6O. The maximum absolute atomic E-state index is 9.22. The third kappa shape index (κ3) is 5.59. The Morgan fingerprint density at radius 1 is 1.17 bits per heavy atom. The summed E-state index contributed by atoms with van der Waals surface area (Å²) in [6, 6.07) is 4.46. The fraction of sp³-hybridized carbons (Fsp3) is 0.765. The smallest absolute Gasteiger partial charge is 0.229 e. The van der Waals surface area contributed by atoms with Crippen molar-refractivity contribution in [2.45, 2.75) is 45.6 Å². The molecular weight excluding hydrogens is 304 g/mol. The lowest BCUT2D eigenvalue weighted by molar-refractivity contribution is 0.232. The lowest BCUT2D eigenvalue weighted by Crippen LogP contribution is -2.33. The predicted molar refractivity (Wildman–Crippen MR) is 88.7 cm³/mol. The molecule has 7 nitrogen and oxygen atoms in total. The molecule has 1 atom stereocenters. The minimum absolute atomic E-state index is 0.0537. The van der Waals surface area contributed by atoms with E-state index in [1.165, 1.54) is 0 Å². The van der Waals surface area contributed by atoms with Gasteiger partial charge in [0.25, 0.3) is 0 Å². The molecule has 0 aliphatic carbocycles. The molecule has 1 aliphatic rings. The van der Waals surface area contributed by atoms with Crippen LogP contribution in [0.4, 0.5) is 0 Å². The van der Waals surface area contributed by atoms with Gasteiger partial charge in [-0.1, -0.05) is 19.0 Å². The van der Waals surface area contributed by atoms with Crippen LogP contribution in [-0.2, 0) is 6.54 Å². The van der Waals surface area contributed by atoms with Gasteiger partial charge in [-0.2, -0.15) is 15.5 Å². The van der Waals surface area contributed by atoms with Crippen molar-refractivity contribution in [1.29, 1.82) is 10.5 Å². The van der Waals surface area contributed by atoms with Crippen molar-refractivity contribution in [2.24, 2.45) is 5.92 Å². The topological polar surface area (TPSA) is 93.0 Å². The van der Waals surface area contributed by atoms with Crippen LogP contribution < -0.4 is 0 Å². The van der Waals surface area contributed by atoms with Crippen LogP contribution >= 0.6 is 0 Å². The zero-order valence-electron chi connectivity index (χ0n) is 14.6. The Kier molecular flexibility index (Phi) is 7.17. The first-order valence-electron chi connectivity index (χ1n) is 8.66. The van der Waals surface area contributed by atoms with Gasteiger partial charge in [-0.3, -0.25) is 4.90 Å². The maximum Gasteiger partial charge on any atom is 0.229 e. The molecule has 7 heteroatoms. The van der Waals surface area contributed by atoms with E-state index in [9.17, 15) is 5.26 Å². The second-order valence-electron chi connectivity index (χ2n) is 6.66. The molecule has 0 radical (unpaired) electrons. The Labute approximate surface area is 143 Å². The van der Waals surface area contributed by atoms with E-state index >= 15 is 0 Å². The summed E-state index contributed by atoms with van der Waals surface area (Å²) in [5.41, 5.74) is 0. The molecule has 1 fully saturated rings. The highest BCUT2D eigenvalue weighted by molar-refractivity contribution is 4.92. The molecule has 0 bridgehead atoms. The summed E-state index contributed by atoms with van der Waals surface area (Å²) in [7, 11) is 0. The van der Waals surface area contributed by atoms with Gasteiger partial charge in [0, 0.05) is 32.0 Å². The Balaban J connectivity index is 1.81. The Morgan fingerprint density at radius 2 is 1.92 bits per heavy atom. The molecule has 0 aromatic carbocycles. The summed E-state index contributed by atoms with van der Waals surface area (Å²) in [6.45, 7) is 9.40. The van der Waals surface area contributed by atoms with E-state index in [1.54, 1.807) is 0 Å². The molecule has 1 aliphatic heterocycles. The van der Waals surface area contributed by atoms with Crippen LogP contribution in [0.15, 0.2) is 4.52 Å². The van der Waals surface area contributed by atoms with Crippen molar-refractivity contribution in [1.82, 2.24) is 19.9 Å². The highest BCUT2D eigenvalue weighted by Crippen LogP contribution is 2.14. The van der Waals surface area contributed by atoms with Crippen LogP contribution in [0, 0.1) is 28.6 Å². The molecule has 0 unspecified atom stereocenters. The highest BCUT2D eigenvalue weighted by atomic mass is 16.5. The van der Waals surface area contributed by atoms with E-state index in [-0.39, 0.29) is 11.8 Å². The first-order valence-corrected chi connectivity index (χ1v) is 8.66. The lowest BCUT2D eigenvalue weighted by Gasteiger charge is -2.22. The number of rotatable bonds is 7. The number of nitrogens with zero attached hydrogens (tertiary/aromatic N) is 6. The highest BCUT2D eigenvalue weighted by Gasteiger charge is 2.20. The number of aromatic nitrogens is 2. The van der Waals surface area contributed by atoms with E-state index in [0.29, 0.717) is 25.3 Å². The molecule has 2 rings (SSSR count). The summed E-state index contributed by atoms with van der Waals surface area (Å²) < 4.78 is 5.26. The second kappa shape index (κ2) is 9.36. The van der Waals surface area contributed by atoms with E-state index in [0.717, 1.165) is 45.0 Å². The molecule has 1 aromatic rings. The van der Waals surface area contributed by atoms with Gasteiger partial charge < -0.3 is 9.42 Å². The SMILES string of the molecule is CC(C)c1nc(CN2CCCN(C[C@@H](C#N)CCC#N)CC2)no1. The molecule has 1 aromatic heterocycles. The molecule has 24 heavy (non-hydrogen) atoms. The Morgan fingerprint density at radius 3 is 2.58 bits per heavy atom. The zero-order chi connectivity index (χ0) is 17.4. The van der Waals surface area contributed by atoms with Crippen LogP contribution in [0.25, 0.3) is 0 Å². The fourth-order valence-electron chi connectivity index (χ4n) is 2.88. The summed E-state index contributed by atoms with van der Waals surface area (Å²) in [4.78, 5) is 9.12. The van der Waals surface area contributed by atoms with Gasteiger partial charge in [-0.05, 0) is 25.9 Å². The third-order valence-corrected chi connectivity index (χ3v) is 4.29. The van der Waals surface area contributed by atoms with Gasteiger partial charge in [-0.15, -0.1) is 0 Å². The fourth-order valence-corrected chi connectivity index (χ4v) is 2.88. The van der Waals surface area contributed by atoms with Gasteiger partial charge in [0.15, 0.2) is 5.82 Å². The van der Waals surface area contributed by atoms with E-state index in [4.69, 9.17) is 9.78 Å². The first kappa shape index (κ1) is 18.4. The van der Waals surface area contributed by atoms with Crippen molar-refractivity contribution in [3.05, 3.63) is 11.7 Å². The monoisotopic (exact) mass is 330 g/mol. The average Bonchev–Trinajstić information content (AvgIpc) is 2.93. The average molecular weight is 330 g/mol. The predicted octanol–water partition coefficient (Wildman–Crippen LogP) is 2.14. The summed E-state index contributed by atoms with van der Waals surface area (Å²) >= 11 is 0. The van der Waals surface area contributed by atoms with Gasteiger partial charge in [-0.25, -0.2) is 0 Å². The van der Waals surface area contributed by atoms with Crippen LogP contribution in [0.3, 0.4) is 0 Å². The van der Waals surface area contributed by atoms with Crippen LogP contribution in [0.1, 0.15) is 50.7 Å². The Hall–Kier alpha value is -1.96. The summed E-state index contributed by atoms with van der Waals surface area (Å²) in [6.07, 6.45) is 2.17. The van der Waals surface area contributed by atoms with Gasteiger partial charge >= 0.3 is 0 Å². The van der Waals surface area contributed by atoms with Crippen molar-refractivity contribution in [2.75, 3.05) is 32.7 Å². The van der Waals surface area contributed by atoms with Crippen molar-refractivity contribution in [3.63, 3.8) is 0 Å². The minimum atomic E-state index is -0.0537. The first-order chi connectivity index (χ1) is 11.6. The molecule has 1 saturated heterocycles. The summed E-state index contributed by atoms with van der Waals surface area (Å²) in [5, 5.41) is 22.0. The molecule has 0 spiro atoms. The number of hydrogen-bond donors (Lipinski definition) is 0. The number of hydrogen-bond acceptors (Lipinski definition) is 7. The summed E-state index contributed by atoms with van der Waals surface area (Å²) in [5.74, 6) is 1.64. The van der Waals surface area contributed by atoms with Crippen molar-refractivity contribution >= 4 is 0 Å². The van der Waals surface area contributed by atoms with Crippen LogP contribution in [0.2, 0.25) is 0 Å².